The first kappa shape index (κ1) is 14.3. The first-order valence-corrected chi connectivity index (χ1v) is 7.45. The molecule has 1 aromatic heterocycles. The molecule has 2 aromatic rings. The smallest absolute Gasteiger partial charge is 0.253 e. The largest absolute Gasteiger partial charge is 0.347 e. The van der Waals surface area contributed by atoms with Gasteiger partial charge in [-0.2, -0.15) is 0 Å². The number of carbonyl (C=O) groups is 1. The average Bonchev–Trinajstić information content (AvgIpc) is 2.92. The topological polar surface area (TPSA) is 57.8 Å². The highest BCUT2D eigenvalue weighted by Crippen LogP contribution is 2.22. The lowest BCUT2D eigenvalue weighted by Crippen LogP contribution is -2.29. The van der Waals surface area contributed by atoms with Crippen molar-refractivity contribution >= 4 is 37.8 Å². The third kappa shape index (κ3) is 3.45. The predicted octanol–water partition coefficient (Wildman–Crippen LogP) is 3.82. The quantitative estimate of drug-likeness (QED) is 0.839. The van der Waals surface area contributed by atoms with Crippen molar-refractivity contribution in [3.05, 3.63) is 50.9 Å². The third-order valence-electron chi connectivity index (χ3n) is 2.74. The van der Waals surface area contributed by atoms with Gasteiger partial charge in [0.1, 0.15) is 5.82 Å². The summed E-state index contributed by atoms with van der Waals surface area (Å²) in [4.78, 5) is 19.5. The van der Waals surface area contributed by atoms with Crippen LogP contribution in [0.5, 0.6) is 0 Å². The van der Waals surface area contributed by atoms with Crippen LogP contribution in [-0.2, 0) is 0 Å². The van der Waals surface area contributed by atoms with Crippen molar-refractivity contribution in [3.8, 4) is 0 Å². The molecule has 0 saturated heterocycles. The van der Waals surface area contributed by atoms with Crippen LogP contribution in [0.3, 0.4) is 0 Å². The maximum atomic E-state index is 12.3. The summed E-state index contributed by atoms with van der Waals surface area (Å²) in [5.41, 5.74) is 0.597. The lowest BCUT2D eigenvalue weighted by Gasteiger charge is -2.15. The van der Waals surface area contributed by atoms with Gasteiger partial charge in [0.2, 0.25) is 0 Å². The summed E-state index contributed by atoms with van der Waals surface area (Å²) in [6, 6.07) is 5.39. The maximum absolute atomic E-state index is 12.3. The molecule has 0 spiro atoms. The van der Waals surface area contributed by atoms with E-state index < -0.39 is 0 Å². The van der Waals surface area contributed by atoms with Gasteiger partial charge in [-0.25, -0.2) is 4.98 Å². The van der Waals surface area contributed by atoms with E-state index in [1.807, 2.05) is 19.1 Å². The molecule has 1 atom stereocenters. The fraction of sp³-hybridized carbons (Fsp3) is 0.231. The number of benzene rings is 1. The molecular weight excluding hydrogens is 374 g/mol. The minimum absolute atomic E-state index is 0.117. The Bertz CT molecular complexity index is 569. The van der Waals surface area contributed by atoms with Crippen LogP contribution in [0.2, 0.25) is 0 Å². The van der Waals surface area contributed by atoms with Crippen molar-refractivity contribution in [2.45, 2.75) is 19.4 Å². The van der Waals surface area contributed by atoms with Crippen LogP contribution >= 0.6 is 31.9 Å². The Balaban J connectivity index is 2.18. The van der Waals surface area contributed by atoms with Crippen LogP contribution in [0.15, 0.2) is 39.5 Å². The van der Waals surface area contributed by atoms with Crippen molar-refractivity contribution in [2.24, 2.45) is 0 Å². The van der Waals surface area contributed by atoms with Gasteiger partial charge in [0, 0.05) is 21.3 Å². The highest BCUT2D eigenvalue weighted by Gasteiger charge is 2.17. The Kier molecular flexibility index (Phi) is 4.76. The molecule has 19 heavy (non-hydrogen) atoms. The number of halogens is 2. The molecule has 0 aliphatic heterocycles. The van der Waals surface area contributed by atoms with Gasteiger partial charge in [-0.1, -0.05) is 22.9 Å². The van der Waals surface area contributed by atoms with Gasteiger partial charge in [0.05, 0.1) is 11.6 Å². The SMILES string of the molecule is CCC(NC(=O)c1cc(Br)ccc1Br)c1ncc[nH]1. The molecule has 100 valence electrons. The molecule has 0 aliphatic rings. The van der Waals surface area contributed by atoms with Crippen LogP contribution in [0.4, 0.5) is 0 Å². The van der Waals surface area contributed by atoms with Gasteiger partial charge in [0.15, 0.2) is 0 Å². The van der Waals surface area contributed by atoms with E-state index in [2.05, 4.69) is 47.1 Å². The Morgan fingerprint density at radius 2 is 2.26 bits per heavy atom. The van der Waals surface area contributed by atoms with Gasteiger partial charge in [-0.3, -0.25) is 4.79 Å². The Hall–Kier alpha value is -1.14. The molecule has 0 aliphatic carbocycles. The second-order valence-electron chi connectivity index (χ2n) is 4.03. The summed E-state index contributed by atoms with van der Waals surface area (Å²) >= 11 is 6.75. The molecule has 1 heterocycles. The summed E-state index contributed by atoms with van der Waals surface area (Å²) in [6.45, 7) is 2.00. The normalized spacial score (nSPS) is 12.2. The number of nitrogens with zero attached hydrogens (tertiary/aromatic N) is 1. The molecular formula is C13H13Br2N3O. The zero-order chi connectivity index (χ0) is 13.8. The first-order chi connectivity index (χ1) is 9.11. The number of nitrogens with one attached hydrogen (secondary N) is 2. The fourth-order valence-electron chi connectivity index (χ4n) is 1.74. The Morgan fingerprint density at radius 3 is 2.89 bits per heavy atom. The monoisotopic (exact) mass is 385 g/mol. The minimum Gasteiger partial charge on any atom is -0.347 e. The number of H-pyrrole nitrogens is 1. The lowest BCUT2D eigenvalue weighted by molar-refractivity contribution is 0.0933. The van der Waals surface area contributed by atoms with Crippen molar-refractivity contribution in [2.75, 3.05) is 0 Å². The second-order valence-corrected chi connectivity index (χ2v) is 5.80. The van der Waals surface area contributed by atoms with Gasteiger partial charge < -0.3 is 10.3 Å². The molecule has 2 rings (SSSR count). The molecule has 0 saturated carbocycles. The van der Waals surface area contributed by atoms with Gasteiger partial charge >= 0.3 is 0 Å². The zero-order valence-electron chi connectivity index (χ0n) is 10.3. The fourth-order valence-corrected chi connectivity index (χ4v) is 2.53. The Labute approximate surface area is 128 Å². The van der Waals surface area contributed by atoms with E-state index in [1.165, 1.54) is 0 Å². The first-order valence-electron chi connectivity index (χ1n) is 5.87. The number of aromatic amines is 1. The van der Waals surface area contributed by atoms with Crippen molar-refractivity contribution < 1.29 is 4.79 Å². The molecule has 0 radical (unpaired) electrons. The van der Waals surface area contributed by atoms with Crippen LogP contribution in [0.25, 0.3) is 0 Å². The van der Waals surface area contributed by atoms with E-state index in [0.717, 1.165) is 21.2 Å². The van der Waals surface area contributed by atoms with Crippen LogP contribution in [0.1, 0.15) is 35.6 Å². The van der Waals surface area contributed by atoms with Gasteiger partial charge in [-0.15, -0.1) is 0 Å². The summed E-state index contributed by atoms with van der Waals surface area (Å²) in [5.74, 6) is 0.637. The molecule has 2 N–H and O–H groups in total. The predicted molar refractivity (Wildman–Crippen MR) is 80.9 cm³/mol. The van der Waals surface area contributed by atoms with Crippen LogP contribution < -0.4 is 5.32 Å². The molecule has 6 heteroatoms. The van der Waals surface area contributed by atoms with Crippen molar-refractivity contribution in [1.29, 1.82) is 0 Å². The number of carbonyl (C=O) groups excluding carboxylic acids is 1. The molecule has 0 fully saturated rings. The standard InChI is InChI=1S/C13H13Br2N3O/c1-2-11(12-16-5-6-17-12)18-13(19)9-7-8(14)3-4-10(9)15/h3-7,11H,2H2,1H3,(H,16,17)(H,18,19). The van der Waals surface area contributed by atoms with E-state index in [9.17, 15) is 4.79 Å². The minimum atomic E-state index is -0.128. The summed E-state index contributed by atoms with van der Waals surface area (Å²) < 4.78 is 1.63. The number of amides is 1. The van der Waals surface area contributed by atoms with Gasteiger partial charge in [0.25, 0.3) is 5.91 Å². The molecule has 1 amide bonds. The van der Waals surface area contributed by atoms with Crippen LogP contribution in [-0.4, -0.2) is 15.9 Å². The second kappa shape index (κ2) is 6.34. The number of imidazole rings is 1. The maximum Gasteiger partial charge on any atom is 0.253 e. The number of hydrogen-bond acceptors (Lipinski definition) is 2. The number of rotatable bonds is 4. The zero-order valence-corrected chi connectivity index (χ0v) is 13.5. The number of aromatic nitrogens is 2. The van der Waals surface area contributed by atoms with E-state index in [1.54, 1.807) is 18.5 Å². The van der Waals surface area contributed by atoms with Crippen molar-refractivity contribution in [1.82, 2.24) is 15.3 Å². The third-order valence-corrected chi connectivity index (χ3v) is 3.92. The molecule has 4 nitrogen and oxygen atoms in total. The lowest BCUT2D eigenvalue weighted by atomic mass is 10.1. The highest BCUT2D eigenvalue weighted by atomic mass is 79.9. The summed E-state index contributed by atoms with van der Waals surface area (Å²) in [5, 5.41) is 2.97. The Morgan fingerprint density at radius 1 is 1.47 bits per heavy atom. The van der Waals surface area contributed by atoms with Crippen molar-refractivity contribution in [3.63, 3.8) is 0 Å². The molecule has 1 unspecified atom stereocenters. The van der Waals surface area contributed by atoms with E-state index in [4.69, 9.17) is 0 Å². The van der Waals surface area contributed by atoms with E-state index in [-0.39, 0.29) is 11.9 Å². The highest BCUT2D eigenvalue weighted by molar-refractivity contribution is 9.11. The molecule has 1 aromatic carbocycles. The van der Waals surface area contributed by atoms with Crippen LogP contribution in [0, 0.1) is 0 Å². The van der Waals surface area contributed by atoms with E-state index >= 15 is 0 Å². The van der Waals surface area contributed by atoms with E-state index in [0.29, 0.717) is 5.56 Å². The average molecular weight is 387 g/mol. The summed E-state index contributed by atoms with van der Waals surface area (Å²) in [6.07, 6.45) is 4.20. The van der Waals surface area contributed by atoms with Gasteiger partial charge in [-0.05, 0) is 40.5 Å². The number of hydrogen-bond donors (Lipinski definition) is 2. The summed E-state index contributed by atoms with van der Waals surface area (Å²) in [7, 11) is 0. The molecule has 0 bridgehead atoms.